The van der Waals surface area contributed by atoms with Gasteiger partial charge in [0.05, 0.1) is 11.0 Å². The topological polar surface area (TPSA) is 95.1 Å². The van der Waals surface area contributed by atoms with Crippen LogP contribution in [0, 0.1) is 5.92 Å². The minimum atomic E-state index is 0.00913. The molecule has 1 amide bonds. The van der Waals surface area contributed by atoms with Gasteiger partial charge in [-0.1, -0.05) is 19.1 Å². The molecule has 30 heavy (non-hydrogen) atoms. The average Bonchev–Trinajstić information content (AvgIpc) is 3.11. The number of anilines is 1. The molecule has 1 saturated heterocycles. The number of carbonyl (C=O) groups is 1. The number of nitrogens with two attached hydrogens (primary N) is 1. The number of hydrogen-bond donors (Lipinski definition) is 2. The first-order valence-electron chi connectivity index (χ1n) is 11.0. The summed E-state index contributed by atoms with van der Waals surface area (Å²) in [4.78, 5) is 20.6. The summed E-state index contributed by atoms with van der Waals surface area (Å²) in [5, 5.41) is 3.95. The van der Waals surface area contributed by atoms with Crippen molar-refractivity contribution in [2.45, 2.75) is 52.5 Å². The predicted molar refractivity (Wildman–Crippen MR) is 119 cm³/mol. The van der Waals surface area contributed by atoms with Gasteiger partial charge in [0.15, 0.2) is 5.82 Å². The Balaban J connectivity index is 1.69. The van der Waals surface area contributed by atoms with Crippen LogP contribution in [0.25, 0.3) is 21.9 Å². The lowest BCUT2D eigenvalue weighted by Gasteiger charge is -2.23. The molecule has 0 unspecified atom stereocenters. The Labute approximate surface area is 177 Å². The van der Waals surface area contributed by atoms with Crippen LogP contribution in [0.4, 0.5) is 5.82 Å². The van der Waals surface area contributed by atoms with Crippen molar-refractivity contribution in [1.29, 1.82) is 0 Å². The minimum absolute atomic E-state index is 0.00913. The lowest BCUT2D eigenvalue weighted by Crippen LogP contribution is -2.21. The summed E-state index contributed by atoms with van der Waals surface area (Å²) in [7, 11) is 0. The molecule has 3 N–H and O–H groups in total. The van der Waals surface area contributed by atoms with Crippen LogP contribution in [-0.2, 0) is 28.9 Å². The van der Waals surface area contributed by atoms with Crippen molar-refractivity contribution in [3.05, 3.63) is 29.6 Å². The van der Waals surface area contributed by atoms with Crippen LogP contribution in [0.15, 0.2) is 18.2 Å². The first-order valence-corrected chi connectivity index (χ1v) is 11.0. The van der Waals surface area contributed by atoms with E-state index in [1.807, 2.05) is 0 Å². The Bertz CT molecular complexity index is 1050. The van der Waals surface area contributed by atoms with Crippen LogP contribution in [0.5, 0.6) is 0 Å². The Morgan fingerprint density at radius 3 is 2.83 bits per heavy atom. The second-order valence-electron chi connectivity index (χ2n) is 8.18. The van der Waals surface area contributed by atoms with Crippen molar-refractivity contribution in [3.63, 3.8) is 0 Å². The number of pyridine rings is 1. The van der Waals surface area contributed by atoms with Crippen molar-refractivity contribution < 1.29 is 9.53 Å². The third-order valence-electron chi connectivity index (χ3n) is 5.96. The Hall–Kier alpha value is -2.67. The fourth-order valence-electron chi connectivity index (χ4n) is 4.37. The Kier molecular flexibility index (Phi) is 6.18. The molecule has 2 aromatic heterocycles. The van der Waals surface area contributed by atoms with Crippen LogP contribution in [0.3, 0.4) is 0 Å². The summed E-state index contributed by atoms with van der Waals surface area (Å²) >= 11 is 0. The van der Waals surface area contributed by atoms with Crippen molar-refractivity contribution in [3.8, 4) is 0 Å². The number of ether oxygens (including phenoxy) is 1. The fraction of sp³-hybridized carbons (Fsp3) is 0.522. The number of fused-ring (bicyclic) bond motifs is 3. The molecule has 1 aliphatic rings. The van der Waals surface area contributed by atoms with E-state index in [0.717, 1.165) is 79.6 Å². The number of hydrogen-bond acceptors (Lipinski definition) is 5. The molecule has 160 valence electrons. The number of amides is 1. The van der Waals surface area contributed by atoms with Crippen molar-refractivity contribution in [1.82, 2.24) is 19.9 Å². The molecule has 0 spiro atoms. The fourth-order valence-corrected chi connectivity index (χ4v) is 4.37. The van der Waals surface area contributed by atoms with Crippen LogP contribution in [0.2, 0.25) is 0 Å². The van der Waals surface area contributed by atoms with Gasteiger partial charge >= 0.3 is 0 Å². The van der Waals surface area contributed by atoms with Crippen molar-refractivity contribution in [2.75, 3.05) is 25.5 Å². The minimum Gasteiger partial charge on any atom is -0.382 e. The van der Waals surface area contributed by atoms with Gasteiger partial charge in [-0.15, -0.1) is 0 Å². The lowest BCUT2D eigenvalue weighted by molar-refractivity contribution is -0.118. The quantitative estimate of drug-likeness (QED) is 0.584. The molecule has 0 bridgehead atoms. The third-order valence-corrected chi connectivity index (χ3v) is 5.96. The zero-order valence-electron chi connectivity index (χ0n) is 17.9. The maximum Gasteiger partial charge on any atom is 0.216 e. The smallest absolute Gasteiger partial charge is 0.216 e. The molecule has 0 aliphatic carbocycles. The second-order valence-corrected chi connectivity index (χ2v) is 8.18. The van der Waals surface area contributed by atoms with E-state index in [0.29, 0.717) is 18.3 Å². The summed E-state index contributed by atoms with van der Waals surface area (Å²) in [6.45, 7) is 6.98. The Morgan fingerprint density at radius 1 is 1.30 bits per heavy atom. The lowest BCUT2D eigenvalue weighted by atomic mass is 10.00. The van der Waals surface area contributed by atoms with Crippen molar-refractivity contribution >= 4 is 33.7 Å². The number of rotatable bonds is 7. The molecule has 1 aliphatic heterocycles. The number of aromatic nitrogens is 3. The number of nitrogens with zero attached hydrogens (tertiary/aromatic N) is 3. The van der Waals surface area contributed by atoms with Crippen molar-refractivity contribution in [2.24, 2.45) is 5.92 Å². The number of carbonyl (C=O) groups excluding carboxylic acids is 1. The maximum atomic E-state index is 11.0. The molecule has 1 aromatic carbocycles. The highest BCUT2D eigenvalue weighted by Gasteiger charge is 2.21. The van der Waals surface area contributed by atoms with E-state index in [1.165, 1.54) is 5.56 Å². The standard InChI is InChI=1S/C23H31N5O2/c1-3-20-27-21-22(28(20)14-17-8-11-30-12-9-17)18-7-6-16(5-4-10-25-15(2)29)13-19(18)26-23(21)24/h6-7,13,17H,3-5,8-12,14H2,1-2H3,(H2,24,26)(H,25,29). The van der Waals surface area contributed by atoms with Gasteiger partial charge < -0.3 is 20.4 Å². The molecule has 0 saturated carbocycles. The molecular weight excluding hydrogens is 378 g/mol. The van der Waals surface area contributed by atoms with Crippen LogP contribution < -0.4 is 11.1 Å². The summed E-state index contributed by atoms with van der Waals surface area (Å²) in [6, 6.07) is 6.43. The zero-order valence-corrected chi connectivity index (χ0v) is 17.9. The molecular formula is C23H31N5O2. The molecule has 3 heterocycles. The van der Waals surface area contributed by atoms with Crippen LogP contribution in [0.1, 0.15) is 44.5 Å². The molecule has 3 aromatic rings. The van der Waals surface area contributed by atoms with E-state index in [9.17, 15) is 4.79 Å². The SMILES string of the molecule is CCc1nc2c(N)nc3cc(CCCNC(C)=O)ccc3c2n1CC1CCOCC1. The van der Waals surface area contributed by atoms with E-state index in [-0.39, 0.29) is 5.91 Å². The number of nitrogens with one attached hydrogen (secondary N) is 1. The van der Waals surface area contributed by atoms with E-state index < -0.39 is 0 Å². The molecule has 7 heteroatoms. The number of imidazole rings is 1. The predicted octanol–water partition coefficient (Wildman–Crippen LogP) is 3.22. The maximum absolute atomic E-state index is 11.0. The first kappa shape index (κ1) is 20.6. The normalized spacial score (nSPS) is 15.1. The zero-order chi connectivity index (χ0) is 21.1. The van der Waals surface area contributed by atoms with Gasteiger partial charge in [0, 0.05) is 45.0 Å². The highest BCUT2D eigenvalue weighted by molar-refractivity contribution is 6.06. The highest BCUT2D eigenvalue weighted by atomic mass is 16.5. The van der Waals surface area contributed by atoms with E-state index >= 15 is 0 Å². The largest absolute Gasteiger partial charge is 0.382 e. The van der Waals surface area contributed by atoms with Crippen LogP contribution in [-0.4, -0.2) is 40.2 Å². The summed E-state index contributed by atoms with van der Waals surface area (Å²) in [5.41, 5.74) is 10.4. The van der Waals surface area contributed by atoms with E-state index in [2.05, 4.69) is 40.0 Å². The number of nitrogen functional groups attached to an aromatic ring is 1. The molecule has 0 radical (unpaired) electrons. The van der Waals surface area contributed by atoms with Gasteiger partial charge in [-0.25, -0.2) is 9.97 Å². The van der Waals surface area contributed by atoms with Gasteiger partial charge in [-0.2, -0.15) is 0 Å². The first-order chi connectivity index (χ1) is 14.6. The van der Waals surface area contributed by atoms with Gasteiger partial charge in [0.1, 0.15) is 11.3 Å². The van der Waals surface area contributed by atoms with Gasteiger partial charge in [-0.3, -0.25) is 4.79 Å². The second kappa shape index (κ2) is 9.00. The summed E-state index contributed by atoms with van der Waals surface area (Å²) in [6.07, 6.45) is 4.81. The molecule has 4 rings (SSSR count). The van der Waals surface area contributed by atoms with E-state index in [1.54, 1.807) is 6.92 Å². The monoisotopic (exact) mass is 409 g/mol. The summed E-state index contributed by atoms with van der Waals surface area (Å²) < 4.78 is 7.90. The average molecular weight is 410 g/mol. The van der Waals surface area contributed by atoms with E-state index in [4.69, 9.17) is 15.5 Å². The summed E-state index contributed by atoms with van der Waals surface area (Å²) in [5.74, 6) is 2.17. The van der Waals surface area contributed by atoms with Gasteiger partial charge in [0.2, 0.25) is 5.91 Å². The number of benzene rings is 1. The van der Waals surface area contributed by atoms with Gasteiger partial charge in [-0.05, 0) is 43.2 Å². The number of aryl methyl sites for hydroxylation is 2. The van der Waals surface area contributed by atoms with Gasteiger partial charge in [0.25, 0.3) is 0 Å². The highest BCUT2D eigenvalue weighted by Crippen LogP contribution is 2.31. The molecule has 7 nitrogen and oxygen atoms in total. The molecule has 1 fully saturated rings. The van der Waals surface area contributed by atoms with Crippen LogP contribution >= 0.6 is 0 Å². The Morgan fingerprint density at radius 2 is 2.10 bits per heavy atom. The third kappa shape index (κ3) is 4.26. The molecule has 0 atom stereocenters.